The van der Waals surface area contributed by atoms with E-state index in [1.54, 1.807) is 12.3 Å². The molecule has 3 nitrogen and oxygen atoms in total. The standard InChI is InChI=1S/C10H11BrN2O/c1-7(2)8-6-13-10(11)5-9(8)14-4-3-12/h5-7H,4H2,1-2H3. The number of hydrogen-bond donors (Lipinski definition) is 0. The number of nitriles is 1. The highest BCUT2D eigenvalue weighted by atomic mass is 79.9. The molecule has 1 rings (SSSR count). The lowest BCUT2D eigenvalue weighted by Crippen LogP contribution is -2.00. The molecular weight excluding hydrogens is 244 g/mol. The molecule has 74 valence electrons. The van der Waals surface area contributed by atoms with E-state index in [-0.39, 0.29) is 6.61 Å². The van der Waals surface area contributed by atoms with E-state index in [9.17, 15) is 0 Å². The molecule has 0 saturated carbocycles. The van der Waals surface area contributed by atoms with Crippen molar-refractivity contribution in [1.29, 1.82) is 5.26 Å². The molecule has 0 aliphatic carbocycles. The fraction of sp³-hybridized carbons (Fsp3) is 0.400. The van der Waals surface area contributed by atoms with Crippen LogP contribution in [0.2, 0.25) is 0 Å². The summed E-state index contributed by atoms with van der Waals surface area (Å²) in [7, 11) is 0. The molecule has 0 unspecified atom stereocenters. The molecule has 14 heavy (non-hydrogen) atoms. The van der Waals surface area contributed by atoms with Gasteiger partial charge in [-0.1, -0.05) is 13.8 Å². The van der Waals surface area contributed by atoms with E-state index < -0.39 is 0 Å². The largest absolute Gasteiger partial charge is 0.478 e. The van der Waals surface area contributed by atoms with Crippen molar-refractivity contribution in [3.8, 4) is 11.8 Å². The normalized spacial score (nSPS) is 9.93. The fourth-order valence-electron chi connectivity index (χ4n) is 1.09. The van der Waals surface area contributed by atoms with E-state index >= 15 is 0 Å². The Balaban J connectivity index is 2.98. The summed E-state index contributed by atoms with van der Waals surface area (Å²) >= 11 is 3.26. The zero-order chi connectivity index (χ0) is 10.6. The highest BCUT2D eigenvalue weighted by molar-refractivity contribution is 9.10. The molecule has 1 aromatic heterocycles. The number of rotatable bonds is 3. The third-order valence-electron chi connectivity index (χ3n) is 1.78. The molecule has 0 N–H and O–H groups in total. The van der Waals surface area contributed by atoms with Crippen LogP contribution in [-0.2, 0) is 0 Å². The minimum Gasteiger partial charge on any atom is -0.478 e. The zero-order valence-electron chi connectivity index (χ0n) is 8.12. The van der Waals surface area contributed by atoms with Crippen molar-refractivity contribution < 1.29 is 4.74 Å². The molecular formula is C10H11BrN2O. The van der Waals surface area contributed by atoms with Gasteiger partial charge in [-0.2, -0.15) is 5.26 Å². The maximum Gasteiger partial charge on any atom is 0.174 e. The van der Waals surface area contributed by atoms with Crippen molar-refractivity contribution >= 4 is 15.9 Å². The van der Waals surface area contributed by atoms with Crippen molar-refractivity contribution in [3.63, 3.8) is 0 Å². The maximum absolute atomic E-state index is 8.42. The summed E-state index contributed by atoms with van der Waals surface area (Å²) in [5, 5.41) is 8.42. The monoisotopic (exact) mass is 254 g/mol. The average Bonchev–Trinajstić information content (AvgIpc) is 2.14. The van der Waals surface area contributed by atoms with Gasteiger partial charge >= 0.3 is 0 Å². The van der Waals surface area contributed by atoms with E-state index in [0.29, 0.717) is 5.92 Å². The van der Waals surface area contributed by atoms with E-state index in [4.69, 9.17) is 10.00 Å². The van der Waals surface area contributed by atoms with Gasteiger partial charge in [-0.15, -0.1) is 0 Å². The second-order valence-corrected chi connectivity index (χ2v) is 3.96. The van der Waals surface area contributed by atoms with Crippen LogP contribution in [0.1, 0.15) is 25.3 Å². The van der Waals surface area contributed by atoms with Gasteiger partial charge in [0.15, 0.2) is 6.61 Å². The lowest BCUT2D eigenvalue weighted by atomic mass is 10.1. The van der Waals surface area contributed by atoms with Crippen LogP contribution >= 0.6 is 15.9 Å². The first-order valence-electron chi connectivity index (χ1n) is 4.30. The van der Waals surface area contributed by atoms with Crippen molar-refractivity contribution in [3.05, 3.63) is 22.4 Å². The van der Waals surface area contributed by atoms with Crippen LogP contribution in [0.25, 0.3) is 0 Å². The molecule has 0 aliphatic heterocycles. The third kappa shape index (κ3) is 2.71. The van der Waals surface area contributed by atoms with Gasteiger partial charge in [-0.05, 0) is 21.8 Å². The maximum atomic E-state index is 8.42. The van der Waals surface area contributed by atoms with Gasteiger partial charge in [0, 0.05) is 17.8 Å². The van der Waals surface area contributed by atoms with Crippen molar-refractivity contribution in [2.24, 2.45) is 0 Å². The summed E-state index contributed by atoms with van der Waals surface area (Å²) in [6.45, 7) is 4.18. The Hall–Kier alpha value is -1.08. The number of aromatic nitrogens is 1. The highest BCUT2D eigenvalue weighted by Gasteiger charge is 2.08. The summed E-state index contributed by atoms with van der Waals surface area (Å²) in [5.74, 6) is 1.06. The van der Waals surface area contributed by atoms with E-state index in [0.717, 1.165) is 15.9 Å². The molecule has 0 aliphatic rings. The number of pyridine rings is 1. The van der Waals surface area contributed by atoms with Crippen molar-refractivity contribution in [2.45, 2.75) is 19.8 Å². The summed E-state index contributed by atoms with van der Waals surface area (Å²) < 4.78 is 6.01. The van der Waals surface area contributed by atoms with Crippen LogP contribution in [0.5, 0.6) is 5.75 Å². The number of halogens is 1. The SMILES string of the molecule is CC(C)c1cnc(Br)cc1OCC#N. The molecule has 4 heteroatoms. The Morgan fingerprint density at radius 2 is 2.36 bits per heavy atom. The smallest absolute Gasteiger partial charge is 0.174 e. The van der Waals surface area contributed by atoms with Gasteiger partial charge in [-0.3, -0.25) is 0 Å². The number of ether oxygens (including phenoxy) is 1. The van der Waals surface area contributed by atoms with E-state index in [2.05, 4.69) is 34.8 Å². The van der Waals surface area contributed by atoms with E-state index in [1.807, 2.05) is 6.07 Å². The van der Waals surface area contributed by atoms with Gasteiger partial charge in [0.05, 0.1) is 0 Å². The first-order chi connectivity index (χ1) is 6.65. The Morgan fingerprint density at radius 3 is 2.93 bits per heavy atom. The van der Waals surface area contributed by atoms with Crippen LogP contribution < -0.4 is 4.74 Å². The summed E-state index contributed by atoms with van der Waals surface area (Å²) in [4.78, 5) is 4.12. The Labute approximate surface area is 91.8 Å². The molecule has 0 fully saturated rings. The van der Waals surface area contributed by atoms with Crippen LogP contribution in [0.3, 0.4) is 0 Å². The molecule has 0 saturated heterocycles. The summed E-state index contributed by atoms with van der Waals surface area (Å²) in [6, 6.07) is 3.73. The molecule has 0 aromatic carbocycles. The van der Waals surface area contributed by atoms with Gasteiger partial charge in [0.2, 0.25) is 0 Å². The molecule has 0 bridgehead atoms. The lowest BCUT2D eigenvalue weighted by Gasteiger charge is -2.11. The minimum atomic E-state index is 0.0656. The molecule has 0 spiro atoms. The van der Waals surface area contributed by atoms with Gasteiger partial charge in [-0.25, -0.2) is 4.98 Å². The van der Waals surface area contributed by atoms with Crippen LogP contribution in [0.4, 0.5) is 0 Å². The molecule has 0 amide bonds. The Bertz CT molecular complexity index is 358. The number of hydrogen-bond acceptors (Lipinski definition) is 3. The quantitative estimate of drug-likeness (QED) is 0.780. The van der Waals surface area contributed by atoms with Crippen LogP contribution in [0, 0.1) is 11.3 Å². The second-order valence-electron chi connectivity index (χ2n) is 3.15. The van der Waals surface area contributed by atoms with Crippen molar-refractivity contribution in [2.75, 3.05) is 6.61 Å². The summed E-state index contributed by atoms with van der Waals surface area (Å²) in [5.41, 5.74) is 1.02. The van der Waals surface area contributed by atoms with Crippen molar-refractivity contribution in [1.82, 2.24) is 4.98 Å². The molecule has 1 aromatic rings. The van der Waals surface area contributed by atoms with E-state index in [1.165, 1.54) is 0 Å². The first-order valence-corrected chi connectivity index (χ1v) is 5.09. The second kappa shape index (κ2) is 4.97. The molecule has 1 heterocycles. The first kappa shape index (κ1) is 11.0. The molecule has 0 atom stereocenters. The van der Waals surface area contributed by atoms with Crippen LogP contribution in [0.15, 0.2) is 16.9 Å². The lowest BCUT2D eigenvalue weighted by molar-refractivity contribution is 0.361. The third-order valence-corrected chi connectivity index (χ3v) is 2.21. The summed E-state index contributed by atoms with van der Waals surface area (Å²) in [6.07, 6.45) is 1.77. The molecule has 0 radical (unpaired) electrons. The fourth-order valence-corrected chi connectivity index (χ4v) is 1.40. The zero-order valence-corrected chi connectivity index (χ0v) is 9.71. The Kier molecular flexibility index (Phi) is 3.90. The highest BCUT2D eigenvalue weighted by Crippen LogP contribution is 2.27. The Morgan fingerprint density at radius 1 is 1.64 bits per heavy atom. The van der Waals surface area contributed by atoms with Gasteiger partial charge in [0.1, 0.15) is 16.4 Å². The van der Waals surface area contributed by atoms with Crippen LogP contribution in [-0.4, -0.2) is 11.6 Å². The number of nitrogens with zero attached hydrogens (tertiary/aromatic N) is 2. The minimum absolute atomic E-state index is 0.0656. The predicted octanol–water partition coefficient (Wildman–Crippen LogP) is 2.87. The van der Waals surface area contributed by atoms with Gasteiger partial charge < -0.3 is 4.74 Å². The average molecular weight is 255 g/mol. The topological polar surface area (TPSA) is 45.9 Å². The predicted molar refractivity (Wildman–Crippen MR) is 57.1 cm³/mol. The van der Waals surface area contributed by atoms with Gasteiger partial charge in [0.25, 0.3) is 0 Å².